The number of amides is 1. The van der Waals surface area contributed by atoms with Crippen LogP contribution in [0.2, 0.25) is 5.02 Å². The van der Waals surface area contributed by atoms with Crippen molar-refractivity contribution in [2.75, 3.05) is 18.9 Å². The van der Waals surface area contributed by atoms with Gasteiger partial charge in [0.15, 0.2) is 0 Å². The van der Waals surface area contributed by atoms with Crippen LogP contribution >= 0.6 is 11.6 Å². The first-order chi connectivity index (χ1) is 8.15. The summed E-state index contributed by atoms with van der Waals surface area (Å²) in [4.78, 5) is 11.7. The number of anilines is 1. The van der Waals surface area contributed by atoms with E-state index in [9.17, 15) is 4.79 Å². The molecular weight excluding hydrogens is 242 g/mol. The zero-order valence-electron chi connectivity index (χ0n) is 9.22. The van der Waals surface area contributed by atoms with E-state index in [1.807, 2.05) is 0 Å². The van der Waals surface area contributed by atoms with Gasteiger partial charge in [-0.25, -0.2) is 5.53 Å². The average molecular weight is 254 g/mol. The minimum absolute atomic E-state index is 0.142. The number of nitrogens with one attached hydrogen (secondary N) is 2. The number of rotatable bonds is 3. The van der Waals surface area contributed by atoms with Gasteiger partial charge in [-0.15, -0.1) is 5.12 Å². The second-order valence-electron chi connectivity index (χ2n) is 3.53. The Labute approximate surface area is 104 Å². The number of nitrogens with zero attached hydrogens (tertiary/aromatic N) is 3. The van der Waals surface area contributed by atoms with Crippen LogP contribution in [0.5, 0.6) is 0 Å². The highest BCUT2D eigenvalue weighted by molar-refractivity contribution is 6.30. The van der Waals surface area contributed by atoms with Crippen molar-refractivity contribution < 1.29 is 4.79 Å². The van der Waals surface area contributed by atoms with E-state index in [0.717, 1.165) is 0 Å². The van der Waals surface area contributed by atoms with Gasteiger partial charge in [-0.1, -0.05) is 11.6 Å². The number of hydrazone groups is 1. The third kappa shape index (κ3) is 3.08. The van der Waals surface area contributed by atoms with Crippen LogP contribution in [0.4, 0.5) is 5.69 Å². The fourth-order valence-electron chi connectivity index (χ4n) is 1.33. The Morgan fingerprint density at radius 2 is 2.18 bits per heavy atom. The predicted octanol–water partition coefficient (Wildman–Crippen LogP) is 0.889. The highest BCUT2D eigenvalue weighted by Gasteiger charge is 2.16. The minimum atomic E-state index is -0.142. The van der Waals surface area contributed by atoms with Gasteiger partial charge in [0.25, 0.3) is 0 Å². The summed E-state index contributed by atoms with van der Waals surface area (Å²) in [6.45, 7) is 0.166. The summed E-state index contributed by atoms with van der Waals surface area (Å²) in [5.41, 5.74) is 3.39. The SMILES string of the molecule is CN1C=NNN1CC(=O)Nc1ccc(Cl)cc1. The molecule has 90 valence electrons. The summed E-state index contributed by atoms with van der Waals surface area (Å²) in [5.74, 6) is -0.142. The van der Waals surface area contributed by atoms with Gasteiger partial charge in [-0.2, -0.15) is 5.10 Å². The summed E-state index contributed by atoms with van der Waals surface area (Å²) in [7, 11) is 1.79. The molecule has 2 N–H and O–H groups in total. The fraction of sp³-hybridized carbons (Fsp3) is 0.200. The van der Waals surface area contributed by atoms with E-state index in [-0.39, 0.29) is 12.5 Å². The Bertz CT molecular complexity index is 433. The van der Waals surface area contributed by atoms with Crippen molar-refractivity contribution in [3.63, 3.8) is 0 Å². The molecule has 0 aromatic heterocycles. The molecule has 1 aliphatic heterocycles. The number of halogens is 1. The van der Waals surface area contributed by atoms with Crippen LogP contribution in [0.25, 0.3) is 0 Å². The largest absolute Gasteiger partial charge is 0.325 e. The predicted molar refractivity (Wildman–Crippen MR) is 66.2 cm³/mol. The van der Waals surface area contributed by atoms with Crippen molar-refractivity contribution >= 4 is 29.5 Å². The van der Waals surface area contributed by atoms with Crippen LogP contribution < -0.4 is 10.9 Å². The van der Waals surface area contributed by atoms with E-state index in [1.54, 1.807) is 47.8 Å². The molecule has 0 radical (unpaired) electrons. The third-order valence-corrected chi connectivity index (χ3v) is 2.45. The molecule has 7 heteroatoms. The Morgan fingerprint density at radius 1 is 1.47 bits per heavy atom. The van der Waals surface area contributed by atoms with Crippen molar-refractivity contribution in [3.05, 3.63) is 29.3 Å². The van der Waals surface area contributed by atoms with Crippen LogP contribution in [0.1, 0.15) is 0 Å². The normalized spacial score (nSPS) is 14.8. The number of carbonyl (C=O) groups is 1. The summed E-state index contributed by atoms with van der Waals surface area (Å²) in [6, 6.07) is 6.94. The standard InChI is InChI=1S/C10H12ClN5O/c1-15-7-12-14-16(15)6-10(17)13-9-4-2-8(11)3-5-9/h2-5,7,14H,6H2,1H3,(H,13,17). The van der Waals surface area contributed by atoms with Gasteiger partial charge < -0.3 is 5.32 Å². The van der Waals surface area contributed by atoms with Crippen LogP contribution in [-0.4, -0.2) is 36.0 Å². The van der Waals surface area contributed by atoms with E-state index in [0.29, 0.717) is 10.7 Å². The molecule has 1 aliphatic rings. The molecule has 0 bridgehead atoms. The lowest BCUT2D eigenvalue weighted by atomic mass is 10.3. The maximum Gasteiger partial charge on any atom is 0.242 e. The molecular formula is C10H12ClN5O. The van der Waals surface area contributed by atoms with Crippen LogP contribution in [-0.2, 0) is 4.79 Å². The van der Waals surface area contributed by atoms with Crippen LogP contribution in [0.3, 0.4) is 0 Å². The van der Waals surface area contributed by atoms with Gasteiger partial charge in [0.2, 0.25) is 5.91 Å². The Morgan fingerprint density at radius 3 is 2.76 bits per heavy atom. The van der Waals surface area contributed by atoms with Gasteiger partial charge in [-0.05, 0) is 24.3 Å². The third-order valence-electron chi connectivity index (χ3n) is 2.20. The molecule has 0 aliphatic carbocycles. The molecule has 0 saturated carbocycles. The molecule has 0 spiro atoms. The molecule has 1 amide bonds. The van der Waals surface area contributed by atoms with E-state index >= 15 is 0 Å². The first-order valence-corrected chi connectivity index (χ1v) is 5.37. The second-order valence-corrected chi connectivity index (χ2v) is 3.97. The molecule has 0 saturated heterocycles. The summed E-state index contributed by atoms with van der Waals surface area (Å²) in [6.07, 6.45) is 1.58. The van der Waals surface area contributed by atoms with E-state index in [4.69, 9.17) is 11.6 Å². The molecule has 17 heavy (non-hydrogen) atoms. The van der Waals surface area contributed by atoms with Crippen LogP contribution in [0, 0.1) is 0 Å². The van der Waals surface area contributed by atoms with Gasteiger partial charge >= 0.3 is 0 Å². The molecule has 0 unspecified atom stereocenters. The summed E-state index contributed by atoms with van der Waals surface area (Å²) < 4.78 is 0. The fourth-order valence-corrected chi connectivity index (χ4v) is 1.45. The Balaban J connectivity index is 1.87. The number of hydrazine groups is 2. The molecule has 2 rings (SSSR count). The molecule has 6 nitrogen and oxygen atoms in total. The maximum absolute atomic E-state index is 11.7. The second kappa shape index (κ2) is 5.03. The number of hydrogen-bond donors (Lipinski definition) is 2. The minimum Gasteiger partial charge on any atom is -0.325 e. The number of benzene rings is 1. The van der Waals surface area contributed by atoms with E-state index in [2.05, 4.69) is 16.0 Å². The van der Waals surface area contributed by atoms with Crippen molar-refractivity contribution in [1.29, 1.82) is 0 Å². The van der Waals surface area contributed by atoms with Crippen molar-refractivity contribution in [2.45, 2.75) is 0 Å². The molecule has 1 heterocycles. The smallest absolute Gasteiger partial charge is 0.242 e. The topological polar surface area (TPSA) is 60.0 Å². The quantitative estimate of drug-likeness (QED) is 0.840. The molecule has 0 fully saturated rings. The lowest BCUT2D eigenvalue weighted by molar-refractivity contribution is -0.121. The highest BCUT2D eigenvalue weighted by atomic mass is 35.5. The van der Waals surface area contributed by atoms with E-state index < -0.39 is 0 Å². The van der Waals surface area contributed by atoms with Crippen molar-refractivity contribution in [1.82, 2.24) is 15.7 Å². The van der Waals surface area contributed by atoms with Gasteiger partial charge in [0.1, 0.15) is 12.9 Å². The van der Waals surface area contributed by atoms with Gasteiger partial charge in [0, 0.05) is 17.8 Å². The zero-order chi connectivity index (χ0) is 12.3. The van der Waals surface area contributed by atoms with Crippen molar-refractivity contribution in [3.8, 4) is 0 Å². The number of carbonyl (C=O) groups excluding carboxylic acids is 1. The number of hydrogen-bond acceptors (Lipinski definition) is 5. The van der Waals surface area contributed by atoms with Crippen molar-refractivity contribution in [2.24, 2.45) is 5.10 Å². The first kappa shape index (κ1) is 11.7. The Hall–Kier alpha value is -1.79. The lowest BCUT2D eigenvalue weighted by Crippen LogP contribution is -2.45. The van der Waals surface area contributed by atoms with Gasteiger partial charge in [0.05, 0.1) is 0 Å². The zero-order valence-corrected chi connectivity index (χ0v) is 9.98. The maximum atomic E-state index is 11.7. The monoisotopic (exact) mass is 253 g/mol. The average Bonchev–Trinajstić information content (AvgIpc) is 2.68. The first-order valence-electron chi connectivity index (χ1n) is 5.00. The Kier molecular flexibility index (Phi) is 3.46. The van der Waals surface area contributed by atoms with Gasteiger partial charge in [-0.3, -0.25) is 9.80 Å². The summed E-state index contributed by atoms with van der Waals surface area (Å²) in [5, 5.41) is 10.4. The lowest BCUT2D eigenvalue weighted by Gasteiger charge is -2.21. The van der Waals surface area contributed by atoms with E-state index in [1.165, 1.54) is 0 Å². The van der Waals surface area contributed by atoms with Crippen LogP contribution in [0.15, 0.2) is 29.4 Å². The highest BCUT2D eigenvalue weighted by Crippen LogP contribution is 2.13. The molecule has 1 aromatic carbocycles. The summed E-state index contributed by atoms with van der Waals surface area (Å²) >= 11 is 5.75. The molecule has 1 aromatic rings. The molecule has 0 atom stereocenters.